The third kappa shape index (κ3) is 2.42. The molecule has 2 N–H and O–H groups in total. The van der Waals surface area contributed by atoms with Crippen LogP contribution in [-0.4, -0.2) is 30.9 Å². The van der Waals surface area contributed by atoms with E-state index in [0.717, 1.165) is 24.8 Å². The van der Waals surface area contributed by atoms with E-state index in [2.05, 4.69) is 10.1 Å². The van der Waals surface area contributed by atoms with Gasteiger partial charge in [0.05, 0.1) is 17.0 Å². The Kier molecular flexibility index (Phi) is 3.21. The third-order valence-corrected chi connectivity index (χ3v) is 6.49. The molecule has 0 amide bonds. The van der Waals surface area contributed by atoms with Gasteiger partial charge in [-0.25, -0.2) is 8.42 Å². The van der Waals surface area contributed by atoms with E-state index in [0.29, 0.717) is 30.4 Å². The number of nitrogens with two attached hydrogens (primary N) is 1. The fourth-order valence-electron chi connectivity index (χ4n) is 3.02. The number of anilines is 1. The van der Waals surface area contributed by atoms with Crippen LogP contribution in [0.4, 0.5) is 5.69 Å². The molecule has 23 heavy (non-hydrogen) atoms. The topological polar surface area (TPSA) is 102 Å². The second-order valence-electron chi connectivity index (χ2n) is 6.22. The highest BCUT2D eigenvalue weighted by molar-refractivity contribution is 7.93. The number of hydrogen-bond donors (Lipinski definition) is 1. The zero-order valence-electron chi connectivity index (χ0n) is 12.6. The Morgan fingerprint density at radius 2 is 1.91 bits per heavy atom. The molecule has 0 unspecified atom stereocenters. The summed E-state index contributed by atoms with van der Waals surface area (Å²) in [5.41, 5.74) is 7.16. The molecule has 1 aliphatic heterocycles. The summed E-state index contributed by atoms with van der Waals surface area (Å²) in [7, 11) is -3.16. The quantitative estimate of drug-likeness (QED) is 0.915. The number of rotatable bonds is 3. The minimum atomic E-state index is -3.16. The molecule has 2 aliphatic rings. The first kappa shape index (κ1) is 14.6. The van der Waals surface area contributed by atoms with Gasteiger partial charge in [-0.2, -0.15) is 4.98 Å². The van der Waals surface area contributed by atoms with Gasteiger partial charge < -0.3 is 10.3 Å². The van der Waals surface area contributed by atoms with E-state index >= 15 is 0 Å². The molecular formula is C15H18N4O3S. The minimum Gasteiger partial charge on any atom is -0.334 e. The Labute approximate surface area is 134 Å². The van der Waals surface area contributed by atoms with Crippen molar-refractivity contribution in [2.75, 3.05) is 16.6 Å². The number of hydrogen-bond acceptors (Lipinski definition) is 6. The van der Waals surface area contributed by atoms with Crippen molar-refractivity contribution in [3.05, 3.63) is 30.1 Å². The molecule has 1 saturated heterocycles. The summed E-state index contributed by atoms with van der Waals surface area (Å²) in [4.78, 5) is 4.40. The lowest BCUT2D eigenvalue weighted by Crippen LogP contribution is -2.44. The zero-order chi connectivity index (χ0) is 16.1. The van der Waals surface area contributed by atoms with E-state index in [-0.39, 0.29) is 5.75 Å². The molecule has 1 aliphatic carbocycles. The van der Waals surface area contributed by atoms with Crippen LogP contribution < -0.4 is 10.0 Å². The Morgan fingerprint density at radius 3 is 2.48 bits per heavy atom. The van der Waals surface area contributed by atoms with Crippen molar-refractivity contribution in [3.8, 4) is 11.5 Å². The van der Waals surface area contributed by atoms with Crippen LogP contribution in [0, 0.1) is 0 Å². The first-order valence-corrected chi connectivity index (χ1v) is 9.33. The summed E-state index contributed by atoms with van der Waals surface area (Å²) < 4.78 is 30.6. The Hall–Kier alpha value is -1.93. The molecule has 4 rings (SSSR count). The first-order valence-electron chi connectivity index (χ1n) is 7.72. The van der Waals surface area contributed by atoms with E-state index in [1.807, 2.05) is 0 Å². The predicted molar refractivity (Wildman–Crippen MR) is 85.2 cm³/mol. The molecule has 7 nitrogen and oxygen atoms in total. The van der Waals surface area contributed by atoms with Gasteiger partial charge in [-0.3, -0.25) is 4.31 Å². The average molecular weight is 334 g/mol. The summed E-state index contributed by atoms with van der Waals surface area (Å²) in [6, 6.07) is 7.13. The van der Waals surface area contributed by atoms with Crippen LogP contribution in [0.25, 0.3) is 11.5 Å². The first-order chi connectivity index (χ1) is 11.0. The monoisotopic (exact) mass is 334 g/mol. The summed E-state index contributed by atoms with van der Waals surface area (Å²) in [6.07, 6.45) is 3.49. The maximum atomic E-state index is 11.9. The standard InChI is InChI=1S/C15H18N4O3S/c16-15(7-1-8-15)14-17-13(22-18-14)11-3-5-12(6-4-11)19-9-2-10-23(19,20)21/h3-6H,1-2,7-10,16H2. The molecule has 0 radical (unpaired) electrons. The minimum absolute atomic E-state index is 0.209. The van der Waals surface area contributed by atoms with Crippen LogP contribution in [0.1, 0.15) is 31.5 Å². The summed E-state index contributed by atoms with van der Waals surface area (Å²) in [6.45, 7) is 0.530. The van der Waals surface area contributed by atoms with Gasteiger partial charge in [-0.1, -0.05) is 5.16 Å². The molecule has 2 heterocycles. The maximum Gasteiger partial charge on any atom is 0.257 e. The van der Waals surface area contributed by atoms with Crippen molar-refractivity contribution in [3.63, 3.8) is 0 Å². The van der Waals surface area contributed by atoms with Crippen LogP contribution in [0.3, 0.4) is 0 Å². The van der Waals surface area contributed by atoms with Gasteiger partial charge in [-0.15, -0.1) is 0 Å². The predicted octanol–water partition coefficient (Wildman–Crippen LogP) is 1.61. The van der Waals surface area contributed by atoms with Crippen molar-refractivity contribution < 1.29 is 12.9 Å². The van der Waals surface area contributed by atoms with E-state index < -0.39 is 15.6 Å². The average Bonchev–Trinajstić information content (AvgIpc) is 3.11. The molecule has 0 bridgehead atoms. The molecule has 2 fully saturated rings. The van der Waals surface area contributed by atoms with Crippen LogP contribution in [0.2, 0.25) is 0 Å². The van der Waals surface area contributed by atoms with Gasteiger partial charge in [-0.05, 0) is 49.9 Å². The van der Waals surface area contributed by atoms with Crippen molar-refractivity contribution in [1.29, 1.82) is 0 Å². The number of benzene rings is 1. The fourth-order valence-corrected chi connectivity index (χ4v) is 4.59. The molecule has 1 aromatic carbocycles. The second kappa shape index (κ2) is 5.04. The summed E-state index contributed by atoms with van der Waals surface area (Å²) in [5, 5.41) is 3.99. The van der Waals surface area contributed by atoms with E-state index in [9.17, 15) is 8.42 Å². The van der Waals surface area contributed by atoms with Gasteiger partial charge in [0.25, 0.3) is 5.89 Å². The van der Waals surface area contributed by atoms with Crippen LogP contribution in [0.15, 0.2) is 28.8 Å². The lowest BCUT2D eigenvalue weighted by Gasteiger charge is -2.34. The lowest BCUT2D eigenvalue weighted by molar-refractivity contribution is 0.229. The second-order valence-corrected chi connectivity index (χ2v) is 8.23. The van der Waals surface area contributed by atoms with Gasteiger partial charge in [0.15, 0.2) is 5.82 Å². The molecule has 122 valence electrons. The summed E-state index contributed by atoms with van der Waals surface area (Å²) in [5.74, 6) is 1.16. The maximum absolute atomic E-state index is 11.9. The Balaban J connectivity index is 1.59. The zero-order valence-corrected chi connectivity index (χ0v) is 13.4. The fraction of sp³-hybridized carbons (Fsp3) is 0.467. The third-order valence-electron chi connectivity index (χ3n) is 4.62. The molecule has 0 atom stereocenters. The normalized spacial score (nSPS) is 22.0. The van der Waals surface area contributed by atoms with E-state index in [1.54, 1.807) is 24.3 Å². The molecule has 8 heteroatoms. The number of sulfonamides is 1. The highest BCUT2D eigenvalue weighted by Crippen LogP contribution is 2.37. The smallest absolute Gasteiger partial charge is 0.257 e. The van der Waals surface area contributed by atoms with Crippen molar-refractivity contribution >= 4 is 15.7 Å². The van der Waals surface area contributed by atoms with Crippen LogP contribution in [-0.2, 0) is 15.6 Å². The number of nitrogens with zero attached hydrogens (tertiary/aromatic N) is 3. The van der Waals surface area contributed by atoms with E-state index in [1.165, 1.54) is 4.31 Å². The Bertz CT molecular complexity index is 825. The van der Waals surface area contributed by atoms with Gasteiger partial charge >= 0.3 is 0 Å². The lowest BCUT2D eigenvalue weighted by atomic mass is 9.77. The SMILES string of the molecule is NC1(c2noc(-c3ccc(N4CCCS4(=O)=O)cc3)n2)CCC1. The van der Waals surface area contributed by atoms with Crippen molar-refractivity contribution in [1.82, 2.24) is 10.1 Å². The van der Waals surface area contributed by atoms with Crippen molar-refractivity contribution in [2.45, 2.75) is 31.2 Å². The molecule has 2 aromatic rings. The van der Waals surface area contributed by atoms with Crippen LogP contribution >= 0.6 is 0 Å². The summed E-state index contributed by atoms with van der Waals surface area (Å²) >= 11 is 0. The highest BCUT2D eigenvalue weighted by Gasteiger charge is 2.39. The van der Waals surface area contributed by atoms with E-state index in [4.69, 9.17) is 10.3 Å². The Morgan fingerprint density at radius 1 is 1.17 bits per heavy atom. The highest BCUT2D eigenvalue weighted by atomic mass is 32.2. The van der Waals surface area contributed by atoms with Crippen LogP contribution in [0.5, 0.6) is 0 Å². The number of aromatic nitrogens is 2. The molecule has 1 aromatic heterocycles. The van der Waals surface area contributed by atoms with Gasteiger partial charge in [0, 0.05) is 12.1 Å². The molecule has 1 saturated carbocycles. The van der Waals surface area contributed by atoms with Crippen molar-refractivity contribution in [2.24, 2.45) is 5.73 Å². The largest absolute Gasteiger partial charge is 0.334 e. The van der Waals surface area contributed by atoms with Gasteiger partial charge in [0.2, 0.25) is 10.0 Å². The molecular weight excluding hydrogens is 316 g/mol. The van der Waals surface area contributed by atoms with Gasteiger partial charge in [0.1, 0.15) is 0 Å². The molecule has 0 spiro atoms.